The van der Waals surface area contributed by atoms with Crippen LogP contribution in [0.25, 0.3) is 11.0 Å². The van der Waals surface area contributed by atoms with Crippen LogP contribution in [0.15, 0.2) is 38.3 Å². The molecule has 2 saturated heterocycles. The minimum absolute atomic E-state index is 0.0904. The first kappa shape index (κ1) is 17.5. The highest BCUT2D eigenvalue weighted by Gasteiger charge is 2.24. The van der Waals surface area contributed by atoms with Crippen molar-refractivity contribution in [3.8, 4) is 0 Å². The van der Waals surface area contributed by atoms with Crippen molar-refractivity contribution in [3.05, 3.63) is 45.2 Å². The first-order valence-corrected chi connectivity index (χ1v) is 9.29. The van der Waals surface area contributed by atoms with Gasteiger partial charge in [0.2, 0.25) is 0 Å². The van der Waals surface area contributed by atoms with Gasteiger partial charge in [0, 0.05) is 13.1 Å². The van der Waals surface area contributed by atoms with Crippen LogP contribution < -0.4 is 11.3 Å². The van der Waals surface area contributed by atoms with Gasteiger partial charge >= 0.3 is 5.76 Å². The van der Waals surface area contributed by atoms with Gasteiger partial charge in [0.25, 0.3) is 5.56 Å². The topological polar surface area (TPSA) is 73.9 Å². The van der Waals surface area contributed by atoms with Gasteiger partial charge in [0.05, 0.1) is 18.6 Å². The van der Waals surface area contributed by atoms with E-state index in [1.165, 1.54) is 4.57 Å². The molecule has 0 radical (unpaired) electrons. The van der Waals surface area contributed by atoms with Crippen molar-refractivity contribution in [3.63, 3.8) is 0 Å². The van der Waals surface area contributed by atoms with E-state index in [0.717, 1.165) is 38.9 Å². The van der Waals surface area contributed by atoms with Crippen LogP contribution in [-0.2, 0) is 16.0 Å². The zero-order valence-corrected chi connectivity index (χ0v) is 14.8. The average Bonchev–Trinajstić information content (AvgIpc) is 3.16. The number of hydrogen-bond donors (Lipinski definition) is 0. The predicted octanol–water partition coefficient (Wildman–Crippen LogP) is 1.43. The molecule has 2 fully saturated rings. The Morgan fingerprint density at radius 3 is 2.54 bits per heavy atom. The molecule has 26 heavy (non-hydrogen) atoms. The molecule has 1 aromatic heterocycles. The maximum Gasteiger partial charge on any atom is 0.422 e. The molecule has 0 amide bonds. The van der Waals surface area contributed by atoms with E-state index < -0.39 is 5.76 Å². The second-order valence-electron chi connectivity index (χ2n) is 7.02. The average molecular weight is 360 g/mol. The van der Waals surface area contributed by atoms with Crippen LogP contribution in [0.2, 0.25) is 0 Å². The molecule has 0 unspecified atom stereocenters. The Kier molecular flexibility index (Phi) is 5.19. The third-order valence-corrected chi connectivity index (χ3v) is 5.35. The molecule has 0 saturated carbocycles. The number of para-hydroxylation sites is 1. The summed E-state index contributed by atoms with van der Waals surface area (Å²) in [6.07, 6.45) is 2.83. The van der Waals surface area contributed by atoms with Crippen molar-refractivity contribution in [1.82, 2.24) is 9.47 Å². The SMILES string of the molecule is O=c1oc2ccccc2c(=O)n1CCC1CCN(CC2OCCO2)CC1. The lowest BCUT2D eigenvalue weighted by atomic mass is 9.93. The summed E-state index contributed by atoms with van der Waals surface area (Å²) in [4.78, 5) is 27.0. The van der Waals surface area contributed by atoms with Crippen molar-refractivity contribution in [2.75, 3.05) is 32.8 Å². The zero-order chi connectivity index (χ0) is 17.9. The molecule has 0 spiro atoms. The Hall–Kier alpha value is -1.96. The maximum absolute atomic E-state index is 12.5. The van der Waals surface area contributed by atoms with Crippen molar-refractivity contribution >= 4 is 11.0 Å². The summed E-state index contributed by atoms with van der Waals surface area (Å²) in [6, 6.07) is 6.88. The lowest BCUT2D eigenvalue weighted by Crippen LogP contribution is -2.40. The highest BCUT2D eigenvalue weighted by Crippen LogP contribution is 2.22. The molecule has 4 rings (SSSR count). The van der Waals surface area contributed by atoms with E-state index in [2.05, 4.69) is 4.90 Å². The fourth-order valence-electron chi connectivity index (χ4n) is 3.80. The van der Waals surface area contributed by atoms with E-state index in [9.17, 15) is 9.59 Å². The molecule has 140 valence electrons. The molecule has 2 aliphatic heterocycles. The lowest BCUT2D eigenvalue weighted by Gasteiger charge is -2.32. The van der Waals surface area contributed by atoms with Gasteiger partial charge in [-0.1, -0.05) is 12.1 Å². The molecule has 1 aromatic carbocycles. The maximum atomic E-state index is 12.5. The van der Waals surface area contributed by atoms with Crippen LogP contribution in [0.3, 0.4) is 0 Å². The zero-order valence-electron chi connectivity index (χ0n) is 14.8. The second-order valence-corrected chi connectivity index (χ2v) is 7.02. The summed E-state index contributed by atoms with van der Waals surface area (Å²) in [5, 5.41) is 0.457. The van der Waals surface area contributed by atoms with Gasteiger partial charge in [0.15, 0.2) is 6.29 Å². The van der Waals surface area contributed by atoms with Crippen molar-refractivity contribution in [2.45, 2.75) is 32.1 Å². The number of aromatic nitrogens is 1. The largest absolute Gasteiger partial charge is 0.422 e. The van der Waals surface area contributed by atoms with Crippen LogP contribution in [0, 0.1) is 5.92 Å². The van der Waals surface area contributed by atoms with E-state index in [-0.39, 0.29) is 11.8 Å². The number of rotatable bonds is 5. The van der Waals surface area contributed by atoms with Gasteiger partial charge in [-0.25, -0.2) is 9.36 Å². The number of piperidine rings is 1. The first-order chi connectivity index (χ1) is 12.7. The van der Waals surface area contributed by atoms with Crippen molar-refractivity contribution < 1.29 is 13.9 Å². The van der Waals surface area contributed by atoms with Crippen LogP contribution in [0.5, 0.6) is 0 Å². The second kappa shape index (κ2) is 7.73. The quantitative estimate of drug-likeness (QED) is 0.803. The third-order valence-electron chi connectivity index (χ3n) is 5.35. The molecule has 0 N–H and O–H groups in total. The van der Waals surface area contributed by atoms with E-state index >= 15 is 0 Å². The monoisotopic (exact) mass is 360 g/mol. The Morgan fingerprint density at radius 2 is 1.77 bits per heavy atom. The van der Waals surface area contributed by atoms with Crippen molar-refractivity contribution in [1.29, 1.82) is 0 Å². The first-order valence-electron chi connectivity index (χ1n) is 9.29. The number of ether oxygens (including phenoxy) is 2. The molecule has 0 aliphatic carbocycles. The highest BCUT2D eigenvalue weighted by molar-refractivity contribution is 5.74. The van der Waals surface area contributed by atoms with Crippen LogP contribution in [-0.4, -0.2) is 48.6 Å². The van der Waals surface area contributed by atoms with Crippen molar-refractivity contribution in [2.24, 2.45) is 5.92 Å². The summed E-state index contributed by atoms with van der Waals surface area (Å²) < 4.78 is 17.5. The number of likely N-dealkylation sites (tertiary alicyclic amines) is 1. The number of hydrogen-bond acceptors (Lipinski definition) is 6. The summed E-state index contributed by atoms with van der Waals surface area (Å²) in [5.41, 5.74) is 0.0909. The van der Waals surface area contributed by atoms with E-state index in [1.54, 1.807) is 24.3 Å². The minimum atomic E-state index is -0.568. The smallest absolute Gasteiger partial charge is 0.409 e. The molecule has 7 nitrogen and oxygen atoms in total. The number of fused-ring (bicyclic) bond motifs is 1. The van der Waals surface area contributed by atoms with Gasteiger partial charge in [-0.05, 0) is 50.4 Å². The van der Waals surface area contributed by atoms with E-state index in [1.807, 2.05) is 0 Å². The molecular weight excluding hydrogens is 336 g/mol. The van der Waals surface area contributed by atoms with Gasteiger partial charge < -0.3 is 13.9 Å². The molecule has 2 aliphatic rings. The van der Waals surface area contributed by atoms with Crippen LogP contribution in [0.4, 0.5) is 0 Å². The normalized spacial score (nSPS) is 20.2. The molecule has 0 atom stereocenters. The van der Waals surface area contributed by atoms with Gasteiger partial charge in [0.1, 0.15) is 5.58 Å². The lowest BCUT2D eigenvalue weighted by molar-refractivity contribution is -0.0662. The molecule has 2 aromatic rings. The Labute approximate surface area is 151 Å². The Balaban J connectivity index is 1.34. The molecule has 7 heteroatoms. The van der Waals surface area contributed by atoms with E-state index in [0.29, 0.717) is 36.6 Å². The minimum Gasteiger partial charge on any atom is -0.409 e. The van der Waals surface area contributed by atoms with Gasteiger partial charge in [-0.3, -0.25) is 9.69 Å². The standard InChI is InChI=1S/C19H24N2O5/c22-18-15-3-1-2-4-16(15)26-19(23)21(18)10-7-14-5-8-20(9-6-14)13-17-24-11-12-25-17/h1-4,14,17H,5-13H2. The van der Waals surface area contributed by atoms with Crippen LogP contribution >= 0.6 is 0 Å². The summed E-state index contributed by atoms with van der Waals surface area (Å²) >= 11 is 0. The predicted molar refractivity (Wildman–Crippen MR) is 96.2 cm³/mol. The van der Waals surface area contributed by atoms with Gasteiger partial charge in [-0.15, -0.1) is 0 Å². The Morgan fingerprint density at radius 1 is 1.04 bits per heavy atom. The fraction of sp³-hybridized carbons (Fsp3) is 0.579. The highest BCUT2D eigenvalue weighted by atomic mass is 16.7. The molecule has 0 bridgehead atoms. The summed E-state index contributed by atoms with van der Waals surface area (Å²) in [5.74, 6) is -0.0592. The van der Waals surface area contributed by atoms with Crippen LogP contribution in [0.1, 0.15) is 19.3 Å². The molecular formula is C19H24N2O5. The fourth-order valence-corrected chi connectivity index (χ4v) is 3.80. The van der Waals surface area contributed by atoms with E-state index in [4.69, 9.17) is 13.9 Å². The Bertz CT molecular complexity index is 860. The third kappa shape index (κ3) is 3.75. The number of nitrogens with zero attached hydrogens (tertiary/aromatic N) is 2. The molecule has 3 heterocycles. The summed E-state index contributed by atoms with van der Waals surface area (Å²) in [7, 11) is 0. The number of benzene rings is 1. The summed E-state index contributed by atoms with van der Waals surface area (Å²) in [6.45, 7) is 4.59. The van der Waals surface area contributed by atoms with Gasteiger partial charge in [-0.2, -0.15) is 0 Å².